The van der Waals surface area contributed by atoms with Gasteiger partial charge in [-0.1, -0.05) is 31.2 Å². The number of carbonyl (C=O) groups is 1. The van der Waals surface area contributed by atoms with E-state index in [1.165, 1.54) is 0 Å². The van der Waals surface area contributed by atoms with Crippen molar-refractivity contribution in [2.75, 3.05) is 19.6 Å². The minimum absolute atomic E-state index is 0. The van der Waals surface area contributed by atoms with Crippen LogP contribution in [0.3, 0.4) is 0 Å². The van der Waals surface area contributed by atoms with Crippen molar-refractivity contribution < 1.29 is 4.79 Å². The van der Waals surface area contributed by atoms with Gasteiger partial charge in [-0.25, -0.2) is 0 Å². The Morgan fingerprint density at radius 2 is 1.50 bits per heavy atom. The first-order valence-corrected chi connectivity index (χ1v) is 8.70. The third-order valence-electron chi connectivity index (χ3n) is 4.23. The number of nitrogens with zero attached hydrogens (tertiary/aromatic N) is 1. The fourth-order valence-corrected chi connectivity index (χ4v) is 3.04. The number of benzene rings is 2. The van der Waals surface area contributed by atoms with Crippen molar-refractivity contribution >= 4 is 40.1 Å². The molecule has 3 rings (SSSR count). The largest absolute Gasteiger partial charge is 0.353 e. The summed E-state index contributed by atoms with van der Waals surface area (Å²) in [5, 5.41) is 7.47. The maximum absolute atomic E-state index is 12.7. The third-order valence-corrected chi connectivity index (χ3v) is 4.23. The predicted molar refractivity (Wildman–Crippen MR) is 109 cm³/mol. The molecule has 0 saturated carbocycles. The first-order valence-electron chi connectivity index (χ1n) is 8.70. The van der Waals surface area contributed by atoms with Crippen LogP contribution in [0.15, 0.2) is 53.3 Å². The molecule has 2 N–H and O–H groups in total. The highest BCUT2D eigenvalue weighted by atomic mass is 35.5. The molecule has 3 aromatic rings. The zero-order valence-corrected chi connectivity index (χ0v) is 15.6. The second kappa shape index (κ2) is 9.36. The summed E-state index contributed by atoms with van der Waals surface area (Å²) in [6.07, 6.45) is 1.07. The van der Waals surface area contributed by atoms with Gasteiger partial charge in [-0.2, -0.15) is 0 Å². The van der Waals surface area contributed by atoms with Gasteiger partial charge in [0.05, 0.1) is 11.0 Å². The second-order valence-electron chi connectivity index (χ2n) is 6.05. The van der Waals surface area contributed by atoms with Crippen LogP contribution in [0.4, 0.5) is 0 Å². The van der Waals surface area contributed by atoms with Crippen LogP contribution in [0.25, 0.3) is 21.8 Å². The Bertz CT molecular complexity index is 893. The molecule has 26 heavy (non-hydrogen) atoms. The topological polar surface area (TPSA) is 63.1 Å². The van der Waals surface area contributed by atoms with E-state index in [0.29, 0.717) is 17.3 Å². The lowest BCUT2D eigenvalue weighted by atomic mass is 10.1. The van der Waals surface area contributed by atoms with Crippen LogP contribution >= 0.6 is 12.4 Å². The molecule has 1 heterocycles. The number of aromatic nitrogens is 1. The average Bonchev–Trinajstić information content (AvgIpc) is 2.65. The molecular weight excluding hydrogens is 350 g/mol. The van der Waals surface area contributed by atoms with E-state index in [0.717, 1.165) is 30.5 Å². The second-order valence-corrected chi connectivity index (χ2v) is 6.05. The highest BCUT2D eigenvalue weighted by molar-refractivity contribution is 5.94. The summed E-state index contributed by atoms with van der Waals surface area (Å²) >= 11 is 0. The lowest BCUT2D eigenvalue weighted by Crippen LogP contribution is -2.34. The standard InChI is InChI=1S/C20H23N3O2.ClH/c1-2-11-21-12-13-22-19(24)14-23-17-9-5-3-7-15(17)20(25)16-8-4-6-10-18(16)23;/h3-10,21H,2,11-14H2,1H3,(H,22,24);1H. The van der Waals surface area contributed by atoms with Crippen molar-refractivity contribution in [2.45, 2.75) is 19.9 Å². The van der Waals surface area contributed by atoms with E-state index in [2.05, 4.69) is 17.6 Å². The molecule has 1 amide bonds. The summed E-state index contributed by atoms with van der Waals surface area (Å²) in [5.74, 6) is -0.0581. The number of hydrogen-bond donors (Lipinski definition) is 2. The van der Waals surface area contributed by atoms with Crippen LogP contribution in [0.2, 0.25) is 0 Å². The average molecular weight is 374 g/mol. The molecule has 0 aliphatic rings. The Balaban J connectivity index is 0.00000243. The van der Waals surface area contributed by atoms with Gasteiger partial charge >= 0.3 is 0 Å². The maximum atomic E-state index is 12.7. The van der Waals surface area contributed by atoms with Crippen molar-refractivity contribution in [3.8, 4) is 0 Å². The minimum atomic E-state index is -0.0581. The van der Waals surface area contributed by atoms with E-state index in [1.54, 1.807) is 0 Å². The zero-order chi connectivity index (χ0) is 17.6. The van der Waals surface area contributed by atoms with Crippen LogP contribution < -0.4 is 16.1 Å². The fourth-order valence-electron chi connectivity index (χ4n) is 3.04. The van der Waals surface area contributed by atoms with Gasteiger partial charge < -0.3 is 15.2 Å². The van der Waals surface area contributed by atoms with Crippen LogP contribution in [0, 0.1) is 0 Å². The van der Waals surface area contributed by atoms with Crippen molar-refractivity contribution in [3.63, 3.8) is 0 Å². The summed E-state index contributed by atoms with van der Waals surface area (Å²) in [4.78, 5) is 25.1. The third kappa shape index (κ3) is 4.23. The molecule has 0 unspecified atom stereocenters. The first-order chi connectivity index (χ1) is 12.2. The molecule has 0 aliphatic carbocycles. The SMILES string of the molecule is CCCNCCNC(=O)Cn1c2ccccc2c(=O)c2ccccc21.Cl. The van der Waals surface area contributed by atoms with Crippen LogP contribution in [-0.4, -0.2) is 30.1 Å². The number of pyridine rings is 1. The summed E-state index contributed by atoms with van der Waals surface area (Å²) < 4.78 is 1.92. The van der Waals surface area contributed by atoms with E-state index in [9.17, 15) is 9.59 Å². The quantitative estimate of drug-likeness (QED) is 0.494. The number of halogens is 1. The van der Waals surface area contributed by atoms with Gasteiger partial charge in [-0.15, -0.1) is 12.4 Å². The van der Waals surface area contributed by atoms with Gasteiger partial charge in [-0.3, -0.25) is 9.59 Å². The smallest absolute Gasteiger partial charge is 0.240 e. The summed E-state index contributed by atoms with van der Waals surface area (Å²) in [5.41, 5.74) is 1.57. The normalized spacial score (nSPS) is 10.7. The van der Waals surface area contributed by atoms with E-state index in [1.807, 2.05) is 53.1 Å². The molecule has 1 aromatic heterocycles. The minimum Gasteiger partial charge on any atom is -0.353 e. The molecule has 0 aliphatic heterocycles. The number of nitrogens with one attached hydrogen (secondary N) is 2. The highest BCUT2D eigenvalue weighted by Crippen LogP contribution is 2.18. The summed E-state index contributed by atoms with van der Waals surface area (Å²) in [6.45, 7) is 4.60. The Kier molecular flexibility index (Phi) is 7.18. The van der Waals surface area contributed by atoms with Crippen LogP contribution in [0.5, 0.6) is 0 Å². The maximum Gasteiger partial charge on any atom is 0.240 e. The molecule has 0 fully saturated rings. The summed E-state index contributed by atoms with van der Waals surface area (Å²) in [7, 11) is 0. The molecule has 6 heteroatoms. The molecule has 138 valence electrons. The first kappa shape index (κ1) is 19.9. The molecule has 0 bridgehead atoms. The van der Waals surface area contributed by atoms with Gasteiger partial charge in [0, 0.05) is 23.9 Å². The number of hydrogen-bond acceptors (Lipinski definition) is 3. The lowest BCUT2D eigenvalue weighted by Gasteiger charge is -2.15. The summed E-state index contributed by atoms with van der Waals surface area (Å²) in [6, 6.07) is 14.9. The molecule has 5 nitrogen and oxygen atoms in total. The number of carbonyl (C=O) groups excluding carboxylic acids is 1. The van der Waals surface area contributed by atoms with E-state index < -0.39 is 0 Å². The molecule has 0 atom stereocenters. The number of fused-ring (bicyclic) bond motifs is 2. The number of amides is 1. The monoisotopic (exact) mass is 373 g/mol. The van der Waals surface area contributed by atoms with Gasteiger partial charge in [0.25, 0.3) is 0 Å². The highest BCUT2D eigenvalue weighted by Gasteiger charge is 2.12. The molecule has 2 aromatic carbocycles. The Labute approximate surface area is 158 Å². The number of para-hydroxylation sites is 2. The Hall–Kier alpha value is -2.37. The molecule has 0 spiro atoms. The zero-order valence-electron chi connectivity index (χ0n) is 14.8. The molecule has 0 radical (unpaired) electrons. The van der Waals surface area contributed by atoms with Gasteiger partial charge in [0.1, 0.15) is 6.54 Å². The Morgan fingerprint density at radius 3 is 2.08 bits per heavy atom. The molecular formula is C20H24ClN3O2. The van der Waals surface area contributed by atoms with E-state index >= 15 is 0 Å². The van der Waals surface area contributed by atoms with Crippen LogP contribution in [-0.2, 0) is 11.3 Å². The van der Waals surface area contributed by atoms with Crippen molar-refractivity contribution in [1.82, 2.24) is 15.2 Å². The van der Waals surface area contributed by atoms with E-state index in [-0.39, 0.29) is 30.3 Å². The Morgan fingerprint density at radius 1 is 0.923 bits per heavy atom. The van der Waals surface area contributed by atoms with Crippen molar-refractivity contribution in [1.29, 1.82) is 0 Å². The van der Waals surface area contributed by atoms with E-state index in [4.69, 9.17) is 0 Å². The molecule has 0 saturated heterocycles. The lowest BCUT2D eigenvalue weighted by molar-refractivity contribution is -0.121. The predicted octanol–water partition coefficient (Wildman–Crippen LogP) is 2.69. The number of rotatable bonds is 7. The van der Waals surface area contributed by atoms with Gasteiger partial charge in [0.2, 0.25) is 5.91 Å². The van der Waals surface area contributed by atoms with Gasteiger partial charge in [-0.05, 0) is 37.2 Å². The van der Waals surface area contributed by atoms with Crippen LogP contribution in [0.1, 0.15) is 13.3 Å². The van der Waals surface area contributed by atoms with Gasteiger partial charge in [0.15, 0.2) is 5.43 Å². The van der Waals surface area contributed by atoms with Crippen molar-refractivity contribution in [2.24, 2.45) is 0 Å². The fraction of sp³-hybridized carbons (Fsp3) is 0.300. The van der Waals surface area contributed by atoms with Crippen molar-refractivity contribution in [3.05, 3.63) is 58.8 Å².